The number of hydroxylamine groups is 2. The van der Waals surface area contributed by atoms with Gasteiger partial charge in [-0.1, -0.05) is 0 Å². The fourth-order valence-electron chi connectivity index (χ4n) is 4.90. The highest BCUT2D eigenvalue weighted by Crippen LogP contribution is 2.53. The molecule has 1 heterocycles. The molecule has 7 heteroatoms. The number of nitrogens with zero attached hydrogens (tertiary/aromatic N) is 2. The van der Waals surface area contributed by atoms with E-state index in [9.17, 15) is 14.4 Å². The lowest BCUT2D eigenvalue weighted by Gasteiger charge is -2.34. The molecule has 0 aromatic carbocycles. The Morgan fingerprint density at radius 2 is 1.71 bits per heavy atom. The third-order valence-electron chi connectivity index (χ3n) is 6.08. The normalized spacial score (nSPS) is 34.5. The van der Waals surface area contributed by atoms with Gasteiger partial charge in [0.25, 0.3) is 5.91 Å². The van der Waals surface area contributed by atoms with Gasteiger partial charge in [0, 0.05) is 13.6 Å². The summed E-state index contributed by atoms with van der Waals surface area (Å²) in [7, 11) is 4.37. The van der Waals surface area contributed by atoms with Crippen molar-refractivity contribution >= 4 is 17.8 Å². The standard InChI is InChI=1S/C17H26N2O5/c1-18(24-3)15(20)12-5-4-8-19(12)16(21)13-10-6-7-11(9-10)14(13)17(22)23-2/h10-14H,4-9H2,1-3H3/t10-,11+,12+,13-,14+/m1/s1. The molecule has 5 atom stereocenters. The maximum absolute atomic E-state index is 13.2. The molecule has 0 radical (unpaired) electrons. The monoisotopic (exact) mass is 338 g/mol. The minimum Gasteiger partial charge on any atom is -0.469 e. The number of likely N-dealkylation sites (tertiary alicyclic amines) is 1. The van der Waals surface area contributed by atoms with E-state index in [1.807, 2.05) is 0 Å². The average molecular weight is 338 g/mol. The molecule has 3 aliphatic rings. The Balaban J connectivity index is 1.79. The lowest BCUT2D eigenvalue weighted by Crippen LogP contribution is -2.50. The highest BCUT2D eigenvalue weighted by atomic mass is 16.7. The Morgan fingerprint density at radius 1 is 1.04 bits per heavy atom. The van der Waals surface area contributed by atoms with Crippen LogP contribution in [0.4, 0.5) is 0 Å². The Hall–Kier alpha value is -1.63. The SMILES string of the molecule is COC(=O)[C@H]1[C@H]2CC[C@H](C2)[C@H]1C(=O)N1CCC[C@H]1C(=O)N(C)OC. The molecule has 134 valence electrons. The number of hydrogen-bond acceptors (Lipinski definition) is 5. The van der Waals surface area contributed by atoms with E-state index < -0.39 is 6.04 Å². The van der Waals surface area contributed by atoms with Gasteiger partial charge >= 0.3 is 5.97 Å². The van der Waals surface area contributed by atoms with Crippen molar-refractivity contribution in [3.8, 4) is 0 Å². The summed E-state index contributed by atoms with van der Waals surface area (Å²) < 4.78 is 4.95. The molecule has 24 heavy (non-hydrogen) atoms. The van der Waals surface area contributed by atoms with E-state index in [-0.39, 0.29) is 41.5 Å². The molecule has 2 aliphatic carbocycles. The van der Waals surface area contributed by atoms with Crippen molar-refractivity contribution in [2.45, 2.75) is 38.1 Å². The molecule has 3 fully saturated rings. The molecule has 0 unspecified atom stereocenters. The summed E-state index contributed by atoms with van der Waals surface area (Å²) in [4.78, 5) is 44.5. The van der Waals surface area contributed by atoms with E-state index in [0.717, 1.165) is 25.7 Å². The largest absolute Gasteiger partial charge is 0.469 e. The third-order valence-corrected chi connectivity index (χ3v) is 6.08. The zero-order valence-electron chi connectivity index (χ0n) is 14.6. The van der Waals surface area contributed by atoms with Gasteiger partial charge in [0.2, 0.25) is 5.91 Å². The second-order valence-electron chi connectivity index (χ2n) is 7.12. The zero-order valence-corrected chi connectivity index (χ0v) is 14.6. The third kappa shape index (κ3) is 2.68. The number of carbonyl (C=O) groups is 3. The van der Waals surface area contributed by atoms with Crippen molar-refractivity contribution < 1.29 is 24.0 Å². The van der Waals surface area contributed by atoms with E-state index in [0.29, 0.717) is 13.0 Å². The summed E-state index contributed by atoms with van der Waals surface area (Å²) in [6, 6.07) is -0.486. The molecular weight excluding hydrogens is 312 g/mol. The van der Waals surface area contributed by atoms with Gasteiger partial charge in [-0.05, 0) is 43.9 Å². The van der Waals surface area contributed by atoms with Crippen LogP contribution >= 0.6 is 0 Å². The number of rotatable bonds is 4. The summed E-state index contributed by atoms with van der Waals surface area (Å²) in [6.45, 7) is 0.564. The van der Waals surface area contributed by atoms with Crippen molar-refractivity contribution in [1.29, 1.82) is 0 Å². The maximum Gasteiger partial charge on any atom is 0.309 e. The van der Waals surface area contributed by atoms with Crippen molar-refractivity contribution in [2.75, 3.05) is 27.8 Å². The van der Waals surface area contributed by atoms with Crippen LogP contribution in [-0.2, 0) is 24.0 Å². The first-order chi connectivity index (χ1) is 11.5. The molecule has 3 rings (SSSR count). The summed E-state index contributed by atoms with van der Waals surface area (Å²) in [5.74, 6) is -0.746. The predicted molar refractivity (Wildman–Crippen MR) is 84.3 cm³/mol. The van der Waals surface area contributed by atoms with Gasteiger partial charge in [-0.3, -0.25) is 19.2 Å². The Morgan fingerprint density at radius 3 is 2.33 bits per heavy atom. The summed E-state index contributed by atoms with van der Waals surface area (Å²) in [5.41, 5.74) is 0. The van der Waals surface area contributed by atoms with Crippen molar-refractivity contribution in [3.63, 3.8) is 0 Å². The molecule has 2 bridgehead atoms. The topological polar surface area (TPSA) is 76.2 Å². The first kappa shape index (κ1) is 17.2. The number of carbonyl (C=O) groups excluding carboxylic acids is 3. The molecule has 1 aliphatic heterocycles. The smallest absolute Gasteiger partial charge is 0.309 e. The highest BCUT2D eigenvalue weighted by molar-refractivity contribution is 5.91. The van der Waals surface area contributed by atoms with Crippen LogP contribution in [0.15, 0.2) is 0 Å². The predicted octanol–water partition coefficient (Wildman–Crippen LogP) is 0.833. The van der Waals surface area contributed by atoms with Gasteiger partial charge < -0.3 is 9.64 Å². The van der Waals surface area contributed by atoms with Gasteiger partial charge in [-0.2, -0.15) is 0 Å². The lowest BCUT2D eigenvalue weighted by atomic mass is 9.78. The fourth-order valence-corrected chi connectivity index (χ4v) is 4.90. The van der Waals surface area contributed by atoms with Gasteiger partial charge in [0.05, 0.1) is 26.1 Å². The van der Waals surface area contributed by atoms with Crippen LogP contribution in [-0.4, -0.2) is 61.6 Å². The summed E-state index contributed by atoms with van der Waals surface area (Å²) in [5, 5.41) is 1.18. The molecule has 0 aromatic heterocycles. The van der Waals surface area contributed by atoms with Crippen LogP contribution in [0.2, 0.25) is 0 Å². The Labute approximate surface area is 142 Å². The van der Waals surface area contributed by atoms with Gasteiger partial charge in [-0.15, -0.1) is 0 Å². The van der Waals surface area contributed by atoms with Crippen molar-refractivity contribution in [2.24, 2.45) is 23.7 Å². The van der Waals surface area contributed by atoms with E-state index in [4.69, 9.17) is 9.57 Å². The van der Waals surface area contributed by atoms with Gasteiger partial charge in [0.1, 0.15) is 6.04 Å². The van der Waals surface area contributed by atoms with Gasteiger partial charge in [0.15, 0.2) is 0 Å². The number of methoxy groups -OCH3 is 1. The maximum atomic E-state index is 13.2. The van der Waals surface area contributed by atoms with Gasteiger partial charge in [-0.25, -0.2) is 5.06 Å². The molecule has 2 amide bonds. The number of hydrogen-bond donors (Lipinski definition) is 0. The lowest BCUT2D eigenvalue weighted by molar-refractivity contribution is -0.176. The van der Waals surface area contributed by atoms with Crippen LogP contribution in [0.1, 0.15) is 32.1 Å². The molecule has 0 N–H and O–H groups in total. The first-order valence-corrected chi connectivity index (χ1v) is 8.69. The van der Waals surface area contributed by atoms with Crippen molar-refractivity contribution in [1.82, 2.24) is 9.96 Å². The second-order valence-corrected chi connectivity index (χ2v) is 7.12. The quantitative estimate of drug-likeness (QED) is 0.561. The molecule has 1 saturated heterocycles. The molecule has 7 nitrogen and oxygen atoms in total. The van der Waals surface area contributed by atoms with E-state index in [1.165, 1.54) is 19.3 Å². The number of ether oxygens (including phenoxy) is 1. The number of likely N-dealkylation sites (N-methyl/N-ethyl adjacent to an activating group) is 1. The number of esters is 1. The van der Waals surface area contributed by atoms with Crippen LogP contribution < -0.4 is 0 Å². The molecule has 0 aromatic rings. The minimum absolute atomic E-state index is 0.0575. The molecular formula is C17H26N2O5. The van der Waals surface area contributed by atoms with Crippen LogP contribution in [0, 0.1) is 23.7 Å². The highest BCUT2D eigenvalue weighted by Gasteiger charge is 2.56. The second kappa shape index (κ2) is 6.70. The van der Waals surface area contributed by atoms with E-state index in [2.05, 4.69) is 0 Å². The first-order valence-electron chi connectivity index (χ1n) is 8.69. The van der Waals surface area contributed by atoms with E-state index in [1.54, 1.807) is 11.9 Å². The fraction of sp³-hybridized carbons (Fsp3) is 0.824. The number of amides is 2. The van der Waals surface area contributed by atoms with Crippen LogP contribution in [0.5, 0.6) is 0 Å². The average Bonchev–Trinajstić information content (AvgIpc) is 3.33. The summed E-state index contributed by atoms with van der Waals surface area (Å²) in [6.07, 6.45) is 4.33. The number of fused-ring (bicyclic) bond motifs is 2. The minimum atomic E-state index is -0.486. The molecule has 0 spiro atoms. The Kier molecular flexibility index (Phi) is 4.80. The molecule has 2 saturated carbocycles. The Bertz CT molecular complexity index is 537. The van der Waals surface area contributed by atoms with Crippen LogP contribution in [0.25, 0.3) is 0 Å². The van der Waals surface area contributed by atoms with Crippen molar-refractivity contribution in [3.05, 3.63) is 0 Å². The van der Waals surface area contributed by atoms with Crippen LogP contribution in [0.3, 0.4) is 0 Å². The zero-order chi connectivity index (χ0) is 17.4. The summed E-state index contributed by atoms with van der Waals surface area (Å²) >= 11 is 0. The van der Waals surface area contributed by atoms with E-state index >= 15 is 0 Å².